The van der Waals surface area contributed by atoms with Gasteiger partial charge in [0.15, 0.2) is 0 Å². The fourth-order valence-corrected chi connectivity index (χ4v) is 2.68. The summed E-state index contributed by atoms with van der Waals surface area (Å²) in [7, 11) is 0. The van der Waals surface area contributed by atoms with E-state index in [-0.39, 0.29) is 0 Å². The summed E-state index contributed by atoms with van der Waals surface area (Å²) < 4.78 is 0. The van der Waals surface area contributed by atoms with Crippen LogP contribution in [0.2, 0.25) is 0 Å². The van der Waals surface area contributed by atoms with E-state index in [1.54, 1.807) is 18.1 Å². The largest absolute Gasteiger partial charge is 0.399 e. The molecule has 0 aliphatic rings. The van der Waals surface area contributed by atoms with Crippen LogP contribution < -0.4 is 5.73 Å². The zero-order chi connectivity index (χ0) is 12.1. The highest BCUT2D eigenvalue weighted by Crippen LogP contribution is 2.26. The van der Waals surface area contributed by atoms with Gasteiger partial charge in [-0.1, -0.05) is 19.8 Å². The maximum absolute atomic E-state index is 5.75. The normalized spacial score (nSPS) is 10.9. The van der Waals surface area contributed by atoms with E-state index in [0.29, 0.717) is 0 Å². The summed E-state index contributed by atoms with van der Waals surface area (Å²) in [4.78, 5) is 8.59. The summed E-state index contributed by atoms with van der Waals surface area (Å²) in [5.41, 5.74) is 7.42. The highest BCUT2D eigenvalue weighted by atomic mass is 32.2. The number of hydrogen-bond donors (Lipinski definition) is 1. The number of nitrogen functional groups attached to an aromatic ring is 1. The molecule has 90 valence electrons. The number of thioether (sulfide) groups is 1. The van der Waals surface area contributed by atoms with E-state index in [4.69, 9.17) is 5.73 Å². The highest BCUT2D eigenvalue weighted by Gasteiger charge is 2.04. The average Bonchev–Trinajstić information content (AvgIpc) is 2.34. The molecule has 0 aliphatic heterocycles. The van der Waals surface area contributed by atoms with Gasteiger partial charge in [0, 0.05) is 11.1 Å². The number of anilines is 1. The fraction of sp³-hybridized carbons (Fsp3) is 0.385. The van der Waals surface area contributed by atoms with E-state index in [9.17, 15) is 0 Å². The lowest BCUT2D eigenvalue weighted by molar-refractivity contribution is 0.778. The second kappa shape index (κ2) is 5.87. The molecule has 0 atom stereocenters. The molecule has 0 saturated carbocycles. The molecule has 0 saturated heterocycles. The van der Waals surface area contributed by atoms with E-state index in [1.165, 1.54) is 19.3 Å². The minimum atomic E-state index is 0.748. The minimum absolute atomic E-state index is 0.748. The predicted molar refractivity (Wildman–Crippen MR) is 74.2 cm³/mol. The number of unbranched alkanes of at least 4 members (excludes halogenated alkanes) is 2. The van der Waals surface area contributed by atoms with Crippen LogP contribution in [0.4, 0.5) is 5.69 Å². The van der Waals surface area contributed by atoms with Crippen molar-refractivity contribution in [3.05, 3.63) is 24.5 Å². The van der Waals surface area contributed by atoms with E-state index in [2.05, 4.69) is 16.9 Å². The molecular weight excluding hydrogens is 230 g/mol. The lowest BCUT2D eigenvalue weighted by atomic mass is 10.2. The molecule has 0 unspecified atom stereocenters. The van der Waals surface area contributed by atoms with Crippen LogP contribution >= 0.6 is 11.8 Å². The van der Waals surface area contributed by atoms with Crippen molar-refractivity contribution < 1.29 is 0 Å². The second-order valence-corrected chi connectivity index (χ2v) is 5.09. The SMILES string of the molecule is CCCCCSc1ncnc2cc(N)ccc12. The third-order valence-electron chi connectivity index (χ3n) is 2.61. The van der Waals surface area contributed by atoms with Gasteiger partial charge < -0.3 is 5.73 Å². The van der Waals surface area contributed by atoms with E-state index in [0.717, 1.165) is 27.4 Å². The van der Waals surface area contributed by atoms with Gasteiger partial charge in [-0.25, -0.2) is 9.97 Å². The molecule has 2 N–H and O–H groups in total. The van der Waals surface area contributed by atoms with E-state index < -0.39 is 0 Å². The second-order valence-electron chi connectivity index (χ2n) is 4.01. The van der Waals surface area contributed by atoms with E-state index >= 15 is 0 Å². The third kappa shape index (κ3) is 3.09. The lowest BCUT2D eigenvalue weighted by Crippen LogP contribution is -1.90. The molecule has 3 nitrogen and oxygen atoms in total. The van der Waals surface area contributed by atoms with Gasteiger partial charge in [-0.3, -0.25) is 0 Å². The van der Waals surface area contributed by atoms with Crippen molar-refractivity contribution in [1.82, 2.24) is 9.97 Å². The Balaban J connectivity index is 2.16. The first-order valence-corrected chi connectivity index (χ1v) is 6.93. The number of benzene rings is 1. The molecule has 0 aliphatic carbocycles. The summed E-state index contributed by atoms with van der Waals surface area (Å²) in [6.45, 7) is 2.22. The molecule has 1 aromatic carbocycles. The van der Waals surface area contributed by atoms with Crippen molar-refractivity contribution in [1.29, 1.82) is 0 Å². The van der Waals surface area contributed by atoms with Gasteiger partial charge in [-0.2, -0.15) is 0 Å². The Bertz CT molecular complexity index is 499. The highest BCUT2D eigenvalue weighted by molar-refractivity contribution is 7.99. The third-order valence-corrected chi connectivity index (χ3v) is 3.70. The van der Waals surface area contributed by atoms with Crippen LogP contribution in [0.25, 0.3) is 10.9 Å². The van der Waals surface area contributed by atoms with Gasteiger partial charge >= 0.3 is 0 Å². The lowest BCUT2D eigenvalue weighted by Gasteiger charge is -2.04. The van der Waals surface area contributed by atoms with Gasteiger partial charge in [0.25, 0.3) is 0 Å². The maximum Gasteiger partial charge on any atom is 0.117 e. The summed E-state index contributed by atoms with van der Waals surface area (Å²) in [6.07, 6.45) is 5.39. The summed E-state index contributed by atoms with van der Waals surface area (Å²) in [5.74, 6) is 1.12. The molecule has 2 rings (SSSR count). The Morgan fingerprint density at radius 3 is 2.94 bits per heavy atom. The van der Waals surface area contributed by atoms with Gasteiger partial charge in [0.05, 0.1) is 5.52 Å². The zero-order valence-electron chi connectivity index (χ0n) is 10.0. The van der Waals surface area contributed by atoms with Gasteiger partial charge in [0.2, 0.25) is 0 Å². The Morgan fingerprint density at radius 1 is 1.24 bits per heavy atom. The molecule has 1 aromatic heterocycles. The summed E-state index contributed by atoms with van der Waals surface area (Å²) in [5, 5.41) is 2.16. The fourth-order valence-electron chi connectivity index (χ4n) is 1.69. The van der Waals surface area contributed by atoms with Crippen molar-refractivity contribution >= 4 is 28.4 Å². The average molecular weight is 247 g/mol. The van der Waals surface area contributed by atoms with Gasteiger partial charge in [0.1, 0.15) is 11.4 Å². The molecule has 1 heterocycles. The maximum atomic E-state index is 5.75. The van der Waals surface area contributed by atoms with Crippen molar-refractivity contribution in [3.63, 3.8) is 0 Å². The van der Waals surface area contributed by atoms with Gasteiger partial charge in [-0.05, 0) is 30.4 Å². The molecular formula is C13H17N3S. The molecule has 0 radical (unpaired) electrons. The number of rotatable bonds is 5. The number of nitrogens with zero attached hydrogens (tertiary/aromatic N) is 2. The Hall–Kier alpha value is -1.29. The van der Waals surface area contributed by atoms with Crippen molar-refractivity contribution in [2.24, 2.45) is 0 Å². The molecule has 4 heteroatoms. The van der Waals surface area contributed by atoms with E-state index in [1.807, 2.05) is 18.2 Å². The van der Waals surface area contributed by atoms with Crippen LogP contribution in [0, 0.1) is 0 Å². The molecule has 0 fully saturated rings. The standard InChI is InChI=1S/C13H17N3S/c1-2-3-4-7-17-13-11-6-5-10(14)8-12(11)15-9-16-13/h5-6,8-9H,2-4,7,14H2,1H3. The zero-order valence-corrected chi connectivity index (χ0v) is 10.8. The van der Waals surface area contributed by atoms with Crippen LogP contribution in [0.1, 0.15) is 26.2 Å². The van der Waals surface area contributed by atoms with Crippen molar-refractivity contribution in [3.8, 4) is 0 Å². The Labute approximate surface area is 106 Å². The monoisotopic (exact) mass is 247 g/mol. The first kappa shape index (κ1) is 12.2. The minimum Gasteiger partial charge on any atom is -0.399 e. The molecule has 0 bridgehead atoms. The van der Waals surface area contributed by atoms with Crippen LogP contribution in [-0.4, -0.2) is 15.7 Å². The Morgan fingerprint density at radius 2 is 2.12 bits per heavy atom. The predicted octanol–water partition coefficient (Wildman–Crippen LogP) is 3.49. The number of nitrogens with two attached hydrogens (primary N) is 1. The number of fused-ring (bicyclic) bond motifs is 1. The first-order chi connectivity index (χ1) is 8.31. The van der Waals surface area contributed by atoms with Crippen LogP contribution in [0.3, 0.4) is 0 Å². The van der Waals surface area contributed by atoms with Crippen LogP contribution in [0.5, 0.6) is 0 Å². The van der Waals surface area contributed by atoms with Gasteiger partial charge in [-0.15, -0.1) is 11.8 Å². The number of aromatic nitrogens is 2. The van der Waals surface area contributed by atoms with Crippen LogP contribution in [-0.2, 0) is 0 Å². The van der Waals surface area contributed by atoms with Crippen molar-refractivity contribution in [2.45, 2.75) is 31.2 Å². The Kier molecular flexibility index (Phi) is 4.20. The number of hydrogen-bond acceptors (Lipinski definition) is 4. The summed E-state index contributed by atoms with van der Waals surface area (Å²) >= 11 is 1.80. The molecule has 0 spiro atoms. The smallest absolute Gasteiger partial charge is 0.117 e. The topological polar surface area (TPSA) is 51.8 Å². The quantitative estimate of drug-likeness (QED) is 0.380. The van der Waals surface area contributed by atoms with Crippen LogP contribution in [0.15, 0.2) is 29.6 Å². The summed E-state index contributed by atoms with van der Waals surface area (Å²) in [6, 6.07) is 5.81. The molecule has 17 heavy (non-hydrogen) atoms. The first-order valence-electron chi connectivity index (χ1n) is 5.94. The molecule has 2 aromatic rings. The molecule has 0 amide bonds. The van der Waals surface area contributed by atoms with Crippen molar-refractivity contribution in [2.75, 3.05) is 11.5 Å².